The Bertz CT molecular complexity index is 1190. The minimum atomic E-state index is -0.523. The van der Waals surface area contributed by atoms with E-state index in [-0.39, 0.29) is 22.4 Å². The Labute approximate surface area is 198 Å². The number of anilines is 1. The number of rotatable bonds is 10. The van der Waals surface area contributed by atoms with Crippen LogP contribution >= 0.6 is 0 Å². The molecule has 0 aliphatic carbocycles. The van der Waals surface area contributed by atoms with Gasteiger partial charge in [-0.1, -0.05) is 42.5 Å². The first-order valence-electron chi connectivity index (χ1n) is 10.8. The first kappa shape index (κ1) is 24.6. The molecule has 176 valence electrons. The van der Waals surface area contributed by atoms with E-state index in [1.165, 1.54) is 18.2 Å². The summed E-state index contributed by atoms with van der Waals surface area (Å²) in [6.07, 6.45) is 0. The van der Waals surface area contributed by atoms with Crippen molar-refractivity contribution in [3.8, 4) is 0 Å². The van der Waals surface area contributed by atoms with Crippen molar-refractivity contribution in [2.75, 3.05) is 25.6 Å². The minimum absolute atomic E-state index is 0.141. The number of hydrogen-bond donors (Lipinski definition) is 1. The zero-order chi connectivity index (χ0) is 24.7. The number of amides is 1. The van der Waals surface area contributed by atoms with E-state index in [0.29, 0.717) is 25.4 Å². The fourth-order valence-corrected chi connectivity index (χ4v) is 3.47. The molecule has 1 amide bonds. The number of nitro benzene ring substituents is 1. The minimum Gasteiger partial charge on any atom is -0.377 e. The maximum absolute atomic E-state index is 13.2. The van der Waals surface area contributed by atoms with Gasteiger partial charge < -0.3 is 15.0 Å². The van der Waals surface area contributed by atoms with Crippen LogP contribution in [0, 0.1) is 10.1 Å². The Morgan fingerprint density at radius 2 is 1.62 bits per heavy atom. The lowest BCUT2D eigenvalue weighted by Crippen LogP contribution is -2.25. The van der Waals surface area contributed by atoms with Crippen LogP contribution in [-0.2, 0) is 17.9 Å². The normalized spacial score (nSPS) is 10.6. The van der Waals surface area contributed by atoms with Gasteiger partial charge in [-0.15, -0.1) is 0 Å². The van der Waals surface area contributed by atoms with Gasteiger partial charge in [0.25, 0.3) is 11.6 Å². The number of carbonyl (C=O) groups excluding carboxylic acids is 2. The molecule has 0 heterocycles. The third-order valence-corrected chi connectivity index (χ3v) is 5.28. The van der Waals surface area contributed by atoms with Gasteiger partial charge >= 0.3 is 0 Å². The van der Waals surface area contributed by atoms with E-state index in [4.69, 9.17) is 4.74 Å². The molecule has 8 heteroatoms. The van der Waals surface area contributed by atoms with Crippen LogP contribution in [0.25, 0.3) is 0 Å². The number of carbonyl (C=O) groups is 2. The van der Waals surface area contributed by atoms with Gasteiger partial charge in [-0.05, 0) is 36.2 Å². The van der Waals surface area contributed by atoms with Gasteiger partial charge in [0.2, 0.25) is 0 Å². The van der Waals surface area contributed by atoms with Gasteiger partial charge in [-0.2, -0.15) is 0 Å². The van der Waals surface area contributed by atoms with Gasteiger partial charge in [0, 0.05) is 44.4 Å². The molecular formula is C26H27N3O5. The van der Waals surface area contributed by atoms with Crippen LogP contribution in [0.2, 0.25) is 0 Å². The quantitative estimate of drug-likeness (QED) is 0.273. The van der Waals surface area contributed by atoms with Gasteiger partial charge in [0.15, 0.2) is 5.78 Å². The lowest BCUT2D eigenvalue weighted by molar-refractivity contribution is -0.384. The van der Waals surface area contributed by atoms with Crippen LogP contribution in [-0.4, -0.2) is 37.3 Å². The Morgan fingerprint density at radius 3 is 2.24 bits per heavy atom. The van der Waals surface area contributed by atoms with Crippen molar-refractivity contribution in [3.05, 3.63) is 105 Å². The molecule has 0 radical (unpaired) electrons. The standard InChI is InChI=1S/C26H27N3O5/c1-4-34-17-19-11-9-18(10-12-19)16-27-26(31)22-8-6-5-7-21(22)25(30)20-13-14-23(28(2)3)24(15-20)29(32)33/h5-15H,4,16-17H2,1-3H3,(H,27,31). The molecule has 0 spiro atoms. The summed E-state index contributed by atoms with van der Waals surface area (Å²) in [5.41, 5.74) is 2.70. The largest absolute Gasteiger partial charge is 0.377 e. The lowest BCUT2D eigenvalue weighted by atomic mass is 9.97. The highest BCUT2D eigenvalue weighted by atomic mass is 16.6. The molecular weight excluding hydrogens is 434 g/mol. The Hall–Kier alpha value is -4.04. The number of nitro groups is 1. The number of nitrogens with zero attached hydrogens (tertiary/aromatic N) is 2. The van der Waals surface area contributed by atoms with E-state index in [2.05, 4.69) is 5.32 Å². The van der Waals surface area contributed by atoms with E-state index in [1.54, 1.807) is 43.3 Å². The van der Waals surface area contributed by atoms with Crippen LogP contribution < -0.4 is 10.2 Å². The molecule has 1 N–H and O–H groups in total. The highest BCUT2D eigenvalue weighted by Gasteiger charge is 2.22. The van der Waals surface area contributed by atoms with Crippen molar-refractivity contribution >= 4 is 23.1 Å². The number of nitrogens with one attached hydrogen (secondary N) is 1. The molecule has 3 rings (SSSR count). The molecule has 0 saturated carbocycles. The summed E-state index contributed by atoms with van der Waals surface area (Å²) >= 11 is 0. The SMILES string of the molecule is CCOCc1ccc(CNC(=O)c2ccccc2C(=O)c2ccc(N(C)C)c([N+](=O)[O-])c2)cc1. The van der Waals surface area contributed by atoms with Crippen LogP contribution in [0.5, 0.6) is 0 Å². The molecule has 0 aromatic heterocycles. The zero-order valence-corrected chi connectivity index (χ0v) is 19.4. The average Bonchev–Trinajstić information content (AvgIpc) is 2.85. The number of hydrogen-bond acceptors (Lipinski definition) is 6. The van der Waals surface area contributed by atoms with Gasteiger partial charge in [0.05, 0.1) is 17.1 Å². The fraction of sp³-hybridized carbons (Fsp3) is 0.231. The summed E-state index contributed by atoms with van der Waals surface area (Å²) in [5, 5.41) is 14.3. The molecule has 0 bridgehead atoms. The Morgan fingerprint density at radius 1 is 0.971 bits per heavy atom. The first-order chi connectivity index (χ1) is 16.3. The molecule has 0 unspecified atom stereocenters. The van der Waals surface area contributed by atoms with Gasteiger partial charge in [0.1, 0.15) is 5.69 Å². The van der Waals surface area contributed by atoms with Gasteiger partial charge in [-0.25, -0.2) is 0 Å². The molecule has 34 heavy (non-hydrogen) atoms. The molecule has 0 fully saturated rings. The highest BCUT2D eigenvalue weighted by molar-refractivity contribution is 6.15. The van der Waals surface area contributed by atoms with E-state index < -0.39 is 16.6 Å². The summed E-state index contributed by atoms with van der Waals surface area (Å²) < 4.78 is 5.38. The molecule has 3 aromatic carbocycles. The van der Waals surface area contributed by atoms with E-state index in [1.807, 2.05) is 31.2 Å². The molecule has 0 atom stereocenters. The number of ketones is 1. The predicted octanol–water partition coefficient (Wildman–Crippen LogP) is 4.36. The molecule has 0 aliphatic rings. The third kappa shape index (κ3) is 5.85. The van der Waals surface area contributed by atoms with Crippen LogP contribution in [0.15, 0.2) is 66.7 Å². The number of benzene rings is 3. The van der Waals surface area contributed by atoms with Crippen LogP contribution in [0.1, 0.15) is 44.3 Å². The Balaban J connectivity index is 1.79. The summed E-state index contributed by atoms with van der Waals surface area (Å²) in [6, 6.07) is 18.5. The summed E-state index contributed by atoms with van der Waals surface area (Å²) in [6.45, 7) is 3.40. The fourth-order valence-electron chi connectivity index (χ4n) is 3.47. The smallest absolute Gasteiger partial charge is 0.293 e. The first-order valence-corrected chi connectivity index (χ1v) is 10.8. The van der Waals surface area contributed by atoms with Crippen molar-refractivity contribution < 1.29 is 19.2 Å². The lowest BCUT2D eigenvalue weighted by Gasteiger charge is -2.14. The van der Waals surface area contributed by atoms with Crippen molar-refractivity contribution in [2.24, 2.45) is 0 Å². The van der Waals surface area contributed by atoms with Crippen molar-refractivity contribution in [2.45, 2.75) is 20.1 Å². The van der Waals surface area contributed by atoms with Crippen molar-refractivity contribution in [1.82, 2.24) is 5.32 Å². The third-order valence-electron chi connectivity index (χ3n) is 5.28. The average molecular weight is 462 g/mol. The maximum Gasteiger partial charge on any atom is 0.293 e. The summed E-state index contributed by atoms with van der Waals surface area (Å²) in [7, 11) is 3.38. The summed E-state index contributed by atoms with van der Waals surface area (Å²) in [5.74, 6) is -0.860. The van der Waals surface area contributed by atoms with E-state index in [0.717, 1.165) is 11.1 Å². The monoisotopic (exact) mass is 461 g/mol. The van der Waals surface area contributed by atoms with Gasteiger partial charge in [-0.3, -0.25) is 19.7 Å². The predicted molar refractivity (Wildman–Crippen MR) is 130 cm³/mol. The molecule has 0 saturated heterocycles. The second-order valence-electron chi connectivity index (χ2n) is 7.87. The molecule has 8 nitrogen and oxygen atoms in total. The summed E-state index contributed by atoms with van der Waals surface area (Å²) in [4.78, 5) is 38.7. The van der Waals surface area contributed by atoms with Crippen LogP contribution in [0.3, 0.4) is 0 Å². The zero-order valence-electron chi connectivity index (χ0n) is 19.4. The van der Waals surface area contributed by atoms with Crippen LogP contribution in [0.4, 0.5) is 11.4 Å². The van der Waals surface area contributed by atoms with E-state index >= 15 is 0 Å². The second-order valence-corrected chi connectivity index (χ2v) is 7.87. The van der Waals surface area contributed by atoms with E-state index in [9.17, 15) is 19.7 Å². The van der Waals surface area contributed by atoms with Crippen molar-refractivity contribution in [3.63, 3.8) is 0 Å². The second kappa shape index (κ2) is 11.2. The Kier molecular flexibility index (Phi) is 8.10. The maximum atomic E-state index is 13.2. The highest BCUT2D eigenvalue weighted by Crippen LogP contribution is 2.29. The molecule has 3 aromatic rings. The topological polar surface area (TPSA) is 102 Å². The van der Waals surface area contributed by atoms with Crippen molar-refractivity contribution in [1.29, 1.82) is 0 Å². The molecule has 0 aliphatic heterocycles. The number of ether oxygens (including phenoxy) is 1.